The van der Waals surface area contributed by atoms with Gasteiger partial charge in [0, 0.05) is 11.3 Å². The van der Waals surface area contributed by atoms with Crippen LogP contribution in [0.1, 0.15) is 39.6 Å². The summed E-state index contributed by atoms with van der Waals surface area (Å²) in [7, 11) is 0. The number of nitrogens with zero attached hydrogens (tertiary/aromatic N) is 2. The van der Waals surface area contributed by atoms with Crippen LogP contribution in [-0.2, 0) is 20.9 Å². The third-order valence-electron chi connectivity index (χ3n) is 5.85. The van der Waals surface area contributed by atoms with Crippen LogP contribution in [0.15, 0.2) is 78.9 Å². The maximum atomic E-state index is 13.7. The van der Waals surface area contributed by atoms with E-state index in [4.69, 9.17) is 17.0 Å². The highest BCUT2D eigenvalue weighted by Gasteiger charge is 2.44. The number of thiocarbonyl (C=S) groups is 1. The van der Waals surface area contributed by atoms with Gasteiger partial charge in [-0.1, -0.05) is 36.4 Å². The largest absolute Gasteiger partial charge is 0.462 e. The molecule has 1 aliphatic rings. The lowest BCUT2D eigenvalue weighted by Gasteiger charge is -2.24. The van der Waals surface area contributed by atoms with Crippen molar-refractivity contribution < 1.29 is 28.3 Å². The highest BCUT2D eigenvalue weighted by molar-refractivity contribution is 7.80. The number of hydrogen-bond donors (Lipinski definition) is 2. The molecular formula is C28H25FN4O5S. The standard InChI is InChI=1S/C28H25FN4O5S/c1-2-38-27(37)19-11-13-22(14-12-19)30-24(34)16-23-26(36)32(17-18-7-4-3-5-8-18)28(39)33(23)31-25(35)20-9-6-10-21(29)15-20/h3-15,23H,2,16-17H2,1H3,(H,30,34)(H,31,35). The van der Waals surface area contributed by atoms with Crippen molar-refractivity contribution >= 4 is 46.7 Å². The van der Waals surface area contributed by atoms with Crippen LogP contribution >= 0.6 is 12.2 Å². The summed E-state index contributed by atoms with van der Waals surface area (Å²) in [6.45, 7) is 2.08. The molecule has 0 bridgehead atoms. The molecule has 0 spiro atoms. The molecule has 1 fully saturated rings. The molecule has 1 unspecified atom stereocenters. The molecule has 9 nitrogen and oxygen atoms in total. The Morgan fingerprint density at radius 3 is 2.36 bits per heavy atom. The van der Waals surface area contributed by atoms with Crippen molar-refractivity contribution in [1.29, 1.82) is 0 Å². The second-order valence-corrected chi connectivity index (χ2v) is 8.94. The maximum absolute atomic E-state index is 13.7. The van der Waals surface area contributed by atoms with Crippen LogP contribution < -0.4 is 10.7 Å². The van der Waals surface area contributed by atoms with Crippen molar-refractivity contribution in [2.45, 2.75) is 25.9 Å². The summed E-state index contributed by atoms with van der Waals surface area (Å²) in [5.74, 6) is -2.77. The fraction of sp³-hybridized carbons (Fsp3) is 0.179. The Hall–Kier alpha value is -4.64. The van der Waals surface area contributed by atoms with Crippen LogP contribution in [-0.4, -0.2) is 51.4 Å². The van der Waals surface area contributed by atoms with Crippen LogP contribution in [0, 0.1) is 5.82 Å². The lowest BCUT2D eigenvalue weighted by molar-refractivity contribution is -0.131. The van der Waals surface area contributed by atoms with E-state index < -0.39 is 35.5 Å². The van der Waals surface area contributed by atoms with Gasteiger partial charge in [0.05, 0.1) is 25.1 Å². The Morgan fingerprint density at radius 1 is 0.974 bits per heavy atom. The minimum absolute atomic E-state index is 0.00481. The molecule has 2 N–H and O–H groups in total. The summed E-state index contributed by atoms with van der Waals surface area (Å²) in [5.41, 5.74) is 4.12. The predicted molar refractivity (Wildman–Crippen MR) is 145 cm³/mol. The summed E-state index contributed by atoms with van der Waals surface area (Å²) in [6, 6.07) is 19.1. The number of esters is 1. The van der Waals surface area contributed by atoms with Gasteiger partial charge in [-0.2, -0.15) is 0 Å². The molecule has 39 heavy (non-hydrogen) atoms. The van der Waals surface area contributed by atoms with Crippen LogP contribution in [0.5, 0.6) is 0 Å². The molecule has 0 aliphatic carbocycles. The number of nitrogens with one attached hydrogen (secondary N) is 2. The van der Waals surface area contributed by atoms with Gasteiger partial charge < -0.3 is 10.1 Å². The molecule has 1 aliphatic heterocycles. The number of hydrazine groups is 1. The van der Waals surface area contributed by atoms with Gasteiger partial charge >= 0.3 is 5.97 Å². The first-order valence-electron chi connectivity index (χ1n) is 12.1. The van der Waals surface area contributed by atoms with Crippen molar-refractivity contribution in [2.24, 2.45) is 0 Å². The topological polar surface area (TPSA) is 108 Å². The highest BCUT2D eigenvalue weighted by atomic mass is 32.1. The monoisotopic (exact) mass is 548 g/mol. The molecule has 0 saturated carbocycles. The number of ether oxygens (including phenoxy) is 1. The van der Waals surface area contributed by atoms with Gasteiger partial charge in [0.1, 0.15) is 11.9 Å². The van der Waals surface area contributed by atoms with E-state index in [1.54, 1.807) is 6.92 Å². The SMILES string of the molecule is CCOC(=O)c1ccc(NC(=O)CC2C(=O)N(Cc3ccccc3)C(=S)N2NC(=O)c2cccc(F)c2)cc1. The van der Waals surface area contributed by atoms with Gasteiger partial charge in [0.2, 0.25) is 5.91 Å². The average Bonchev–Trinajstić information content (AvgIpc) is 3.13. The number of anilines is 1. The van der Waals surface area contributed by atoms with Crippen LogP contribution in [0.3, 0.4) is 0 Å². The number of hydrogen-bond acceptors (Lipinski definition) is 6. The van der Waals surface area contributed by atoms with Gasteiger partial charge in [-0.25, -0.2) is 14.2 Å². The molecular weight excluding hydrogens is 523 g/mol. The first-order chi connectivity index (χ1) is 18.8. The van der Waals surface area contributed by atoms with E-state index in [-0.39, 0.29) is 30.2 Å². The second kappa shape index (κ2) is 12.3. The predicted octanol–water partition coefficient (Wildman–Crippen LogP) is 3.67. The summed E-state index contributed by atoms with van der Waals surface area (Å²) in [5, 5.41) is 3.85. The molecule has 4 rings (SSSR count). The quantitative estimate of drug-likeness (QED) is 0.310. The van der Waals surface area contributed by atoms with Crippen LogP contribution in [0.4, 0.5) is 10.1 Å². The second-order valence-electron chi connectivity index (χ2n) is 8.58. The Balaban J connectivity index is 1.52. The van der Waals surface area contributed by atoms with Gasteiger partial charge in [0.25, 0.3) is 11.8 Å². The zero-order valence-corrected chi connectivity index (χ0v) is 21.7. The third-order valence-corrected chi connectivity index (χ3v) is 6.27. The van der Waals surface area contributed by atoms with E-state index in [9.17, 15) is 23.6 Å². The highest BCUT2D eigenvalue weighted by Crippen LogP contribution is 2.23. The zero-order valence-electron chi connectivity index (χ0n) is 20.9. The minimum atomic E-state index is -1.14. The Morgan fingerprint density at radius 2 is 1.69 bits per heavy atom. The van der Waals surface area contributed by atoms with E-state index in [0.29, 0.717) is 11.3 Å². The van der Waals surface area contributed by atoms with E-state index in [1.165, 1.54) is 47.4 Å². The molecule has 200 valence electrons. The Labute approximate surface area is 229 Å². The smallest absolute Gasteiger partial charge is 0.338 e. The number of halogens is 1. The minimum Gasteiger partial charge on any atom is -0.462 e. The number of benzene rings is 3. The van der Waals surface area contributed by atoms with E-state index in [0.717, 1.165) is 16.6 Å². The first-order valence-corrected chi connectivity index (χ1v) is 12.5. The van der Waals surface area contributed by atoms with Gasteiger partial charge in [-0.15, -0.1) is 0 Å². The van der Waals surface area contributed by atoms with Crippen LogP contribution in [0.2, 0.25) is 0 Å². The molecule has 1 heterocycles. The summed E-state index contributed by atoms with van der Waals surface area (Å²) < 4.78 is 18.6. The van der Waals surface area contributed by atoms with Crippen molar-refractivity contribution in [3.63, 3.8) is 0 Å². The van der Waals surface area contributed by atoms with Crippen LogP contribution in [0.25, 0.3) is 0 Å². The molecule has 11 heteroatoms. The molecule has 3 aromatic rings. The summed E-state index contributed by atoms with van der Waals surface area (Å²) in [6.07, 6.45) is -0.340. The van der Waals surface area contributed by atoms with Crippen molar-refractivity contribution in [2.75, 3.05) is 11.9 Å². The average molecular weight is 549 g/mol. The molecule has 3 aromatic carbocycles. The third kappa shape index (κ3) is 6.63. The summed E-state index contributed by atoms with van der Waals surface area (Å²) >= 11 is 5.52. The lowest BCUT2D eigenvalue weighted by Crippen LogP contribution is -2.49. The Bertz CT molecular complexity index is 1400. The molecule has 1 saturated heterocycles. The fourth-order valence-electron chi connectivity index (χ4n) is 3.96. The maximum Gasteiger partial charge on any atom is 0.338 e. The van der Waals surface area contributed by atoms with Gasteiger partial charge in [-0.3, -0.25) is 24.7 Å². The number of carbonyl (C=O) groups is 4. The molecule has 0 aromatic heterocycles. The van der Waals surface area contributed by atoms with E-state index in [1.807, 2.05) is 30.3 Å². The zero-order chi connectivity index (χ0) is 27.9. The van der Waals surface area contributed by atoms with E-state index >= 15 is 0 Å². The van der Waals surface area contributed by atoms with Gasteiger partial charge in [-0.05, 0) is 67.2 Å². The van der Waals surface area contributed by atoms with Crippen molar-refractivity contribution in [3.05, 3.63) is 101 Å². The summed E-state index contributed by atoms with van der Waals surface area (Å²) in [4.78, 5) is 52.4. The fourth-order valence-corrected chi connectivity index (χ4v) is 4.29. The van der Waals surface area contributed by atoms with Gasteiger partial charge in [0.15, 0.2) is 5.11 Å². The van der Waals surface area contributed by atoms with E-state index in [2.05, 4.69) is 10.7 Å². The number of amides is 3. The molecule has 3 amide bonds. The first kappa shape index (κ1) is 27.4. The number of rotatable bonds is 9. The molecule has 1 atom stereocenters. The van der Waals surface area contributed by atoms with Crippen molar-refractivity contribution in [1.82, 2.24) is 15.3 Å². The lowest BCUT2D eigenvalue weighted by atomic mass is 10.1. The number of carbonyl (C=O) groups excluding carboxylic acids is 4. The molecule has 0 radical (unpaired) electrons. The normalized spacial score (nSPS) is 14.8. The van der Waals surface area contributed by atoms with Crippen molar-refractivity contribution in [3.8, 4) is 0 Å². The Kier molecular flexibility index (Phi) is 8.62.